The van der Waals surface area contributed by atoms with E-state index in [2.05, 4.69) is 66.2 Å². The molecule has 0 spiro atoms. The summed E-state index contributed by atoms with van der Waals surface area (Å²) in [7, 11) is 2.07. The maximum Gasteiger partial charge on any atom is 0.229 e. The second-order valence-electron chi connectivity index (χ2n) is 5.41. The smallest absolute Gasteiger partial charge is 0.229 e. The van der Waals surface area contributed by atoms with E-state index in [-0.39, 0.29) is 0 Å². The van der Waals surface area contributed by atoms with Gasteiger partial charge in [0.2, 0.25) is 5.95 Å². The zero-order valence-electron chi connectivity index (χ0n) is 13.3. The van der Waals surface area contributed by atoms with Crippen LogP contribution in [0, 0.1) is 13.8 Å². The number of hydrogen-bond donors (Lipinski definition) is 1. The lowest BCUT2D eigenvalue weighted by molar-refractivity contribution is 0.759. The van der Waals surface area contributed by atoms with Gasteiger partial charge in [0.15, 0.2) is 0 Å². The summed E-state index contributed by atoms with van der Waals surface area (Å²) in [5.74, 6) is 1.60. The van der Waals surface area contributed by atoms with Crippen molar-refractivity contribution in [2.24, 2.45) is 0 Å². The van der Waals surface area contributed by atoms with Crippen LogP contribution in [0.15, 0.2) is 30.5 Å². The summed E-state index contributed by atoms with van der Waals surface area (Å²) in [6, 6.07) is 8.19. The van der Waals surface area contributed by atoms with Gasteiger partial charge in [-0.25, -0.2) is 4.98 Å². The van der Waals surface area contributed by atoms with Crippen molar-refractivity contribution >= 4 is 17.5 Å². The number of anilines is 3. The molecule has 0 amide bonds. The predicted octanol–water partition coefficient (Wildman–Crippen LogP) is 4.07. The summed E-state index contributed by atoms with van der Waals surface area (Å²) < 4.78 is 0. The van der Waals surface area contributed by atoms with E-state index in [1.807, 2.05) is 6.07 Å². The molecule has 0 aliphatic rings. The topological polar surface area (TPSA) is 41.1 Å². The fraction of sp³-hybridized carbons (Fsp3) is 0.412. The van der Waals surface area contributed by atoms with Crippen molar-refractivity contribution in [3.05, 3.63) is 41.6 Å². The van der Waals surface area contributed by atoms with Gasteiger partial charge in [-0.2, -0.15) is 4.98 Å². The molecule has 0 aliphatic heterocycles. The van der Waals surface area contributed by atoms with Crippen molar-refractivity contribution in [3.8, 4) is 0 Å². The minimum Gasteiger partial charge on any atom is -0.360 e. The molecule has 4 nitrogen and oxygen atoms in total. The molecular weight excluding hydrogens is 260 g/mol. The van der Waals surface area contributed by atoms with Gasteiger partial charge in [0, 0.05) is 25.5 Å². The van der Waals surface area contributed by atoms with Crippen molar-refractivity contribution in [1.82, 2.24) is 9.97 Å². The normalized spacial score (nSPS) is 10.5. The summed E-state index contributed by atoms with van der Waals surface area (Å²) in [4.78, 5) is 11.1. The minimum absolute atomic E-state index is 0.647. The zero-order valence-corrected chi connectivity index (χ0v) is 13.3. The molecule has 1 heterocycles. The van der Waals surface area contributed by atoms with E-state index in [0.29, 0.717) is 5.95 Å². The first-order valence-electron chi connectivity index (χ1n) is 7.49. The van der Waals surface area contributed by atoms with Gasteiger partial charge < -0.3 is 10.2 Å². The lowest BCUT2D eigenvalue weighted by Crippen LogP contribution is -2.20. The molecule has 0 aliphatic carbocycles. The van der Waals surface area contributed by atoms with E-state index in [1.54, 1.807) is 6.20 Å². The Morgan fingerprint density at radius 3 is 2.52 bits per heavy atom. The van der Waals surface area contributed by atoms with Gasteiger partial charge in [-0.3, -0.25) is 0 Å². The molecule has 0 saturated heterocycles. The lowest BCUT2D eigenvalue weighted by Gasteiger charge is -2.18. The van der Waals surface area contributed by atoms with E-state index in [9.17, 15) is 0 Å². The molecule has 0 saturated carbocycles. The maximum atomic E-state index is 4.61. The monoisotopic (exact) mass is 284 g/mol. The Labute approximate surface area is 127 Å². The number of nitrogens with one attached hydrogen (secondary N) is 1. The van der Waals surface area contributed by atoms with Gasteiger partial charge in [-0.15, -0.1) is 0 Å². The number of aromatic nitrogens is 2. The fourth-order valence-corrected chi connectivity index (χ4v) is 2.26. The van der Waals surface area contributed by atoms with Crippen LogP contribution in [0.4, 0.5) is 17.5 Å². The van der Waals surface area contributed by atoms with Crippen molar-refractivity contribution in [2.75, 3.05) is 23.8 Å². The number of nitrogens with zero attached hydrogens (tertiary/aromatic N) is 3. The van der Waals surface area contributed by atoms with Crippen LogP contribution in [0.1, 0.15) is 30.9 Å². The van der Waals surface area contributed by atoms with Crippen LogP contribution in [0.3, 0.4) is 0 Å². The molecule has 1 aromatic carbocycles. The minimum atomic E-state index is 0.647. The van der Waals surface area contributed by atoms with Gasteiger partial charge in [0.25, 0.3) is 0 Å². The Balaban J connectivity index is 2.18. The highest BCUT2D eigenvalue weighted by atomic mass is 15.2. The zero-order chi connectivity index (χ0) is 15.2. The summed E-state index contributed by atoms with van der Waals surface area (Å²) in [6.45, 7) is 7.39. The number of aryl methyl sites for hydroxylation is 2. The predicted molar refractivity (Wildman–Crippen MR) is 89.4 cm³/mol. The van der Waals surface area contributed by atoms with Crippen molar-refractivity contribution in [1.29, 1.82) is 0 Å². The molecule has 0 radical (unpaired) electrons. The molecule has 2 rings (SSSR count). The molecule has 0 bridgehead atoms. The number of rotatable bonds is 6. The summed E-state index contributed by atoms with van der Waals surface area (Å²) in [5.41, 5.74) is 3.48. The molecule has 1 aromatic heterocycles. The summed E-state index contributed by atoms with van der Waals surface area (Å²) in [6.07, 6.45) is 4.16. The largest absolute Gasteiger partial charge is 0.360 e. The van der Waals surface area contributed by atoms with Gasteiger partial charge >= 0.3 is 0 Å². The van der Waals surface area contributed by atoms with Gasteiger partial charge in [0.05, 0.1) is 0 Å². The van der Waals surface area contributed by atoms with Crippen LogP contribution in [0.5, 0.6) is 0 Å². The van der Waals surface area contributed by atoms with Crippen LogP contribution in [-0.2, 0) is 0 Å². The number of para-hydroxylation sites is 1. The second kappa shape index (κ2) is 7.07. The molecule has 1 N–H and O–H groups in total. The average molecular weight is 284 g/mol. The van der Waals surface area contributed by atoms with Crippen molar-refractivity contribution in [2.45, 2.75) is 33.6 Å². The van der Waals surface area contributed by atoms with Crippen LogP contribution < -0.4 is 10.2 Å². The number of unbranched alkanes of at least 4 members (excludes halogenated alkanes) is 1. The van der Waals surface area contributed by atoms with Gasteiger partial charge in [-0.1, -0.05) is 31.5 Å². The fourth-order valence-electron chi connectivity index (χ4n) is 2.26. The molecule has 21 heavy (non-hydrogen) atoms. The van der Waals surface area contributed by atoms with E-state index in [4.69, 9.17) is 0 Å². The third kappa shape index (κ3) is 3.94. The molecule has 112 valence electrons. The SMILES string of the molecule is CCCCN(C)c1ccnc(Nc2c(C)cccc2C)n1. The first kappa shape index (κ1) is 15.3. The Kier molecular flexibility index (Phi) is 5.14. The third-order valence-corrected chi connectivity index (χ3v) is 3.60. The first-order valence-corrected chi connectivity index (χ1v) is 7.49. The molecule has 0 fully saturated rings. The second-order valence-corrected chi connectivity index (χ2v) is 5.41. The number of benzene rings is 1. The Bertz CT molecular complexity index is 575. The standard InChI is InChI=1S/C17H24N4/c1-5-6-12-21(4)15-10-11-18-17(19-15)20-16-13(2)8-7-9-14(16)3/h7-11H,5-6,12H2,1-4H3,(H,18,19,20). The first-order chi connectivity index (χ1) is 10.1. The van der Waals surface area contributed by atoms with Crippen LogP contribution in [0.2, 0.25) is 0 Å². The molecule has 0 atom stereocenters. The summed E-state index contributed by atoms with van der Waals surface area (Å²) >= 11 is 0. The van der Waals surface area contributed by atoms with Crippen LogP contribution >= 0.6 is 0 Å². The maximum absolute atomic E-state index is 4.61. The van der Waals surface area contributed by atoms with E-state index < -0.39 is 0 Å². The molecular formula is C17H24N4. The van der Waals surface area contributed by atoms with Gasteiger partial charge in [-0.05, 0) is 37.5 Å². The van der Waals surface area contributed by atoms with Crippen molar-refractivity contribution in [3.63, 3.8) is 0 Å². The van der Waals surface area contributed by atoms with Crippen LogP contribution in [0.25, 0.3) is 0 Å². The summed E-state index contributed by atoms with van der Waals surface area (Å²) in [5, 5.41) is 3.34. The molecule has 4 heteroatoms. The lowest BCUT2D eigenvalue weighted by atomic mass is 10.1. The highest BCUT2D eigenvalue weighted by molar-refractivity contribution is 5.63. The van der Waals surface area contributed by atoms with Crippen LogP contribution in [-0.4, -0.2) is 23.6 Å². The third-order valence-electron chi connectivity index (χ3n) is 3.60. The highest BCUT2D eigenvalue weighted by Crippen LogP contribution is 2.23. The Morgan fingerprint density at radius 2 is 1.86 bits per heavy atom. The van der Waals surface area contributed by atoms with E-state index in [1.165, 1.54) is 24.0 Å². The molecule has 2 aromatic rings. The van der Waals surface area contributed by atoms with E-state index in [0.717, 1.165) is 18.1 Å². The molecule has 0 unspecified atom stereocenters. The Morgan fingerprint density at radius 1 is 1.14 bits per heavy atom. The number of hydrogen-bond acceptors (Lipinski definition) is 4. The van der Waals surface area contributed by atoms with Gasteiger partial charge in [0.1, 0.15) is 5.82 Å². The average Bonchev–Trinajstić information content (AvgIpc) is 2.49. The van der Waals surface area contributed by atoms with Crippen molar-refractivity contribution < 1.29 is 0 Å². The van der Waals surface area contributed by atoms with E-state index >= 15 is 0 Å². The quantitative estimate of drug-likeness (QED) is 0.868. The Hall–Kier alpha value is -2.10. The highest BCUT2D eigenvalue weighted by Gasteiger charge is 2.07.